The highest BCUT2D eigenvalue weighted by molar-refractivity contribution is 7.90. The molecule has 1 aliphatic heterocycles. The lowest BCUT2D eigenvalue weighted by Crippen LogP contribution is -2.43. The van der Waals surface area contributed by atoms with Crippen molar-refractivity contribution in [3.05, 3.63) is 0 Å². The molecule has 0 bridgehead atoms. The van der Waals surface area contributed by atoms with Gasteiger partial charge in [-0.25, -0.2) is 13.2 Å². The zero-order valence-corrected chi connectivity index (χ0v) is 16.0. The second-order valence-electron chi connectivity index (χ2n) is 7.65. The van der Waals surface area contributed by atoms with E-state index < -0.39 is 15.4 Å². The third-order valence-electron chi connectivity index (χ3n) is 3.83. The molecular formula is C16H32N2O4S. The van der Waals surface area contributed by atoms with Crippen LogP contribution in [0, 0.1) is 5.92 Å². The van der Waals surface area contributed by atoms with E-state index in [1.54, 1.807) is 11.9 Å². The molecule has 0 aromatic heterocycles. The summed E-state index contributed by atoms with van der Waals surface area (Å²) in [5, 5.41) is 0. The Bertz CT molecular complexity index is 485. The molecule has 1 amide bonds. The number of likely N-dealkylation sites (tertiary alicyclic amines) is 1. The number of piperidine rings is 1. The molecule has 1 heterocycles. The summed E-state index contributed by atoms with van der Waals surface area (Å²) in [6.07, 6.45) is 3.85. The van der Waals surface area contributed by atoms with Crippen LogP contribution >= 0.6 is 0 Å². The van der Waals surface area contributed by atoms with Crippen LogP contribution in [0.3, 0.4) is 0 Å². The maximum Gasteiger partial charge on any atom is 0.410 e. The van der Waals surface area contributed by atoms with Crippen LogP contribution in [0.4, 0.5) is 4.79 Å². The second-order valence-corrected chi connectivity index (χ2v) is 9.91. The molecule has 0 saturated carbocycles. The van der Waals surface area contributed by atoms with E-state index in [0.717, 1.165) is 32.5 Å². The van der Waals surface area contributed by atoms with E-state index >= 15 is 0 Å². The molecular weight excluding hydrogens is 316 g/mol. The van der Waals surface area contributed by atoms with Gasteiger partial charge in [0.05, 0.1) is 5.75 Å². The molecule has 1 rings (SSSR count). The third-order valence-corrected chi connectivity index (χ3v) is 4.86. The molecule has 136 valence electrons. The van der Waals surface area contributed by atoms with Gasteiger partial charge in [-0.3, -0.25) is 0 Å². The molecule has 0 aliphatic carbocycles. The van der Waals surface area contributed by atoms with Gasteiger partial charge in [-0.05, 0) is 59.0 Å². The van der Waals surface area contributed by atoms with Gasteiger partial charge in [-0.1, -0.05) is 0 Å². The molecule has 7 heteroatoms. The van der Waals surface area contributed by atoms with E-state index in [-0.39, 0.29) is 11.8 Å². The summed E-state index contributed by atoms with van der Waals surface area (Å²) < 4.78 is 27.8. The summed E-state index contributed by atoms with van der Waals surface area (Å²) in [5.41, 5.74) is -0.477. The first-order valence-electron chi connectivity index (χ1n) is 8.30. The summed E-state index contributed by atoms with van der Waals surface area (Å²) in [7, 11) is -1.11. The number of carbonyl (C=O) groups excluding carboxylic acids is 1. The predicted octanol–water partition coefficient (Wildman–Crippen LogP) is 2.00. The van der Waals surface area contributed by atoms with Crippen LogP contribution in [-0.4, -0.2) is 75.1 Å². The van der Waals surface area contributed by atoms with Crippen LogP contribution in [0.5, 0.6) is 0 Å². The van der Waals surface area contributed by atoms with Crippen LogP contribution in [0.2, 0.25) is 0 Å². The Kier molecular flexibility index (Phi) is 7.32. The molecule has 23 heavy (non-hydrogen) atoms. The van der Waals surface area contributed by atoms with Gasteiger partial charge in [0.2, 0.25) is 0 Å². The Morgan fingerprint density at radius 3 is 2.57 bits per heavy atom. The second kappa shape index (κ2) is 8.33. The van der Waals surface area contributed by atoms with Crippen LogP contribution in [0.1, 0.15) is 40.0 Å². The zero-order valence-electron chi connectivity index (χ0n) is 15.2. The number of carbonyl (C=O) groups is 1. The van der Waals surface area contributed by atoms with Crippen molar-refractivity contribution >= 4 is 15.9 Å². The molecule has 0 radical (unpaired) electrons. The van der Waals surface area contributed by atoms with Crippen molar-refractivity contribution in [3.63, 3.8) is 0 Å². The number of hydrogen-bond acceptors (Lipinski definition) is 5. The maximum atomic E-state index is 12.0. The van der Waals surface area contributed by atoms with E-state index in [2.05, 4.69) is 4.90 Å². The predicted molar refractivity (Wildman–Crippen MR) is 92.4 cm³/mol. The van der Waals surface area contributed by atoms with E-state index in [4.69, 9.17) is 4.74 Å². The van der Waals surface area contributed by atoms with Gasteiger partial charge >= 0.3 is 6.09 Å². The molecule has 0 aromatic rings. The smallest absolute Gasteiger partial charge is 0.410 e. The van der Waals surface area contributed by atoms with E-state index in [0.29, 0.717) is 18.9 Å². The van der Waals surface area contributed by atoms with Crippen LogP contribution in [0.25, 0.3) is 0 Å². The van der Waals surface area contributed by atoms with Gasteiger partial charge in [0.25, 0.3) is 0 Å². The molecule has 1 atom stereocenters. The summed E-state index contributed by atoms with van der Waals surface area (Å²) >= 11 is 0. The molecule has 6 nitrogen and oxygen atoms in total. The highest BCUT2D eigenvalue weighted by atomic mass is 32.2. The van der Waals surface area contributed by atoms with Crippen molar-refractivity contribution < 1.29 is 17.9 Å². The SMILES string of the molecule is CN(C[C@H]1CCCN(CCCS(C)(=O)=O)C1)C(=O)OC(C)(C)C. The fraction of sp³-hybridized carbons (Fsp3) is 0.938. The van der Waals surface area contributed by atoms with Crippen molar-refractivity contribution in [3.8, 4) is 0 Å². The Morgan fingerprint density at radius 2 is 2.00 bits per heavy atom. The maximum absolute atomic E-state index is 12.0. The van der Waals surface area contributed by atoms with Gasteiger partial charge in [0, 0.05) is 26.4 Å². The topological polar surface area (TPSA) is 66.9 Å². The summed E-state index contributed by atoms with van der Waals surface area (Å²) in [4.78, 5) is 16.0. The first-order chi connectivity index (χ1) is 10.5. The van der Waals surface area contributed by atoms with Crippen LogP contribution < -0.4 is 0 Å². The first-order valence-corrected chi connectivity index (χ1v) is 10.4. The minimum Gasteiger partial charge on any atom is -0.444 e. The monoisotopic (exact) mass is 348 g/mol. The lowest BCUT2D eigenvalue weighted by molar-refractivity contribution is 0.0244. The number of nitrogens with zero attached hydrogens (tertiary/aromatic N) is 2. The molecule has 1 saturated heterocycles. The van der Waals surface area contributed by atoms with E-state index in [9.17, 15) is 13.2 Å². The van der Waals surface area contributed by atoms with E-state index in [1.807, 2.05) is 20.8 Å². The molecule has 0 spiro atoms. The molecule has 0 N–H and O–H groups in total. The summed E-state index contributed by atoms with van der Waals surface area (Å²) in [5.74, 6) is 0.658. The summed E-state index contributed by atoms with van der Waals surface area (Å²) in [6.45, 7) is 9.00. The molecule has 1 fully saturated rings. The van der Waals surface area contributed by atoms with Crippen LogP contribution in [0.15, 0.2) is 0 Å². The van der Waals surface area contributed by atoms with E-state index in [1.165, 1.54) is 6.26 Å². The summed E-state index contributed by atoms with van der Waals surface area (Å²) in [6, 6.07) is 0. The number of rotatable bonds is 6. The third kappa shape index (κ3) is 9.15. The van der Waals surface area contributed by atoms with Crippen molar-refractivity contribution in [2.45, 2.75) is 45.6 Å². The van der Waals surface area contributed by atoms with Gasteiger partial charge in [-0.15, -0.1) is 0 Å². The van der Waals surface area contributed by atoms with Crippen LogP contribution in [-0.2, 0) is 14.6 Å². The Balaban J connectivity index is 2.38. The molecule has 0 aromatic carbocycles. The average Bonchev–Trinajstić information content (AvgIpc) is 2.35. The standard InChI is InChI=1S/C16H32N2O4S/c1-16(2,3)22-15(19)17(4)12-14-8-6-9-18(13-14)10-7-11-23(5,20)21/h14H,6-13H2,1-5H3/t14-/m1/s1. The van der Waals surface area contributed by atoms with Crippen molar-refractivity contribution in [1.29, 1.82) is 0 Å². The van der Waals surface area contributed by atoms with Gasteiger partial charge < -0.3 is 14.5 Å². The minimum absolute atomic E-state index is 0.242. The van der Waals surface area contributed by atoms with Gasteiger partial charge in [-0.2, -0.15) is 0 Å². The van der Waals surface area contributed by atoms with Crippen molar-refractivity contribution in [2.75, 3.05) is 45.2 Å². The highest BCUT2D eigenvalue weighted by Gasteiger charge is 2.25. The lowest BCUT2D eigenvalue weighted by Gasteiger charge is -2.35. The number of sulfone groups is 1. The Hall–Kier alpha value is -0.820. The number of ether oxygens (including phenoxy) is 1. The fourth-order valence-electron chi connectivity index (χ4n) is 2.86. The zero-order chi connectivity index (χ0) is 17.7. The number of hydrogen-bond donors (Lipinski definition) is 0. The van der Waals surface area contributed by atoms with Crippen molar-refractivity contribution in [1.82, 2.24) is 9.80 Å². The Labute approximate surface area is 141 Å². The average molecular weight is 349 g/mol. The normalized spacial score (nSPS) is 20.3. The Morgan fingerprint density at radius 1 is 1.35 bits per heavy atom. The number of amides is 1. The minimum atomic E-state index is -2.88. The van der Waals surface area contributed by atoms with Gasteiger partial charge in [0.15, 0.2) is 0 Å². The van der Waals surface area contributed by atoms with Crippen molar-refractivity contribution in [2.24, 2.45) is 5.92 Å². The quantitative estimate of drug-likeness (QED) is 0.734. The first kappa shape index (κ1) is 20.2. The largest absolute Gasteiger partial charge is 0.444 e. The molecule has 0 unspecified atom stereocenters. The fourth-order valence-corrected chi connectivity index (χ4v) is 3.51. The van der Waals surface area contributed by atoms with Gasteiger partial charge in [0.1, 0.15) is 15.4 Å². The lowest BCUT2D eigenvalue weighted by atomic mass is 9.97. The highest BCUT2D eigenvalue weighted by Crippen LogP contribution is 2.18. The molecule has 1 aliphatic rings.